The molecular weight excluding hydrogens is 186 g/mol. The van der Waals surface area contributed by atoms with E-state index in [0.717, 1.165) is 12.8 Å². The highest BCUT2D eigenvalue weighted by molar-refractivity contribution is 5.73. The van der Waals surface area contributed by atoms with E-state index in [1.54, 1.807) is 6.92 Å². The molecule has 14 heavy (non-hydrogen) atoms. The van der Waals surface area contributed by atoms with Gasteiger partial charge < -0.3 is 15.2 Å². The molecule has 0 heterocycles. The van der Waals surface area contributed by atoms with Crippen molar-refractivity contribution >= 4 is 12.1 Å². The van der Waals surface area contributed by atoms with E-state index in [1.807, 2.05) is 0 Å². The lowest BCUT2D eigenvalue weighted by Gasteiger charge is -2.16. The number of nitrogens with one attached hydrogen (secondary N) is 1. The zero-order valence-corrected chi connectivity index (χ0v) is 8.16. The van der Waals surface area contributed by atoms with Gasteiger partial charge in [0, 0.05) is 6.04 Å². The smallest absolute Gasteiger partial charge is 0.407 e. The SMILES string of the molecule is CCOC(=O)N[C@H]1CCC[C@H]1C(=O)O. The Hall–Kier alpha value is -1.26. The van der Waals surface area contributed by atoms with Crippen molar-refractivity contribution in [2.45, 2.75) is 32.2 Å². The van der Waals surface area contributed by atoms with Crippen LogP contribution in [0.5, 0.6) is 0 Å². The second-order valence-corrected chi connectivity index (χ2v) is 3.35. The second-order valence-electron chi connectivity index (χ2n) is 3.35. The second kappa shape index (κ2) is 4.83. The molecule has 2 atom stereocenters. The molecule has 0 aromatic rings. The van der Waals surface area contributed by atoms with E-state index >= 15 is 0 Å². The minimum Gasteiger partial charge on any atom is -0.481 e. The van der Waals surface area contributed by atoms with Gasteiger partial charge in [-0.2, -0.15) is 0 Å². The molecular formula is C9H15NO4. The molecule has 1 saturated carbocycles. The van der Waals surface area contributed by atoms with Gasteiger partial charge in [0.05, 0.1) is 12.5 Å². The van der Waals surface area contributed by atoms with E-state index in [1.165, 1.54) is 0 Å². The molecule has 0 aliphatic heterocycles. The molecule has 1 rings (SSSR count). The van der Waals surface area contributed by atoms with Gasteiger partial charge in [-0.3, -0.25) is 4.79 Å². The number of aliphatic carboxylic acids is 1. The Morgan fingerprint density at radius 2 is 2.21 bits per heavy atom. The molecule has 0 radical (unpaired) electrons. The van der Waals surface area contributed by atoms with Crippen LogP contribution in [-0.2, 0) is 9.53 Å². The third-order valence-electron chi connectivity index (χ3n) is 2.41. The van der Waals surface area contributed by atoms with Crippen molar-refractivity contribution < 1.29 is 19.4 Å². The number of carbonyl (C=O) groups is 2. The summed E-state index contributed by atoms with van der Waals surface area (Å²) in [6, 6.07) is -0.272. The molecule has 1 amide bonds. The quantitative estimate of drug-likeness (QED) is 0.713. The van der Waals surface area contributed by atoms with E-state index in [0.29, 0.717) is 13.0 Å². The van der Waals surface area contributed by atoms with E-state index in [9.17, 15) is 9.59 Å². The standard InChI is InChI=1S/C9H15NO4/c1-2-14-9(13)10-7-5-3-4-6(7)8(11)12/h6-7H,2-5H2,1H3,(H,10,13)(H,11,12)/t6-,7+/m1/s1. The summed E-state index contributed by atoms with van der Waals surface area (Å²) in [4.78, 5) is 21.8. The van der Waals surface area contributed by atoms with Gasteiger partial charge in [-0.15, -0.1) is 0 Å². The van der Waals surface area contributed by atoms with Crippen LogP contribution in [0.15, 0.2) is 0 Å². The van der Waals surface area contributed by atoms with Crippen LogP contribution in [0, 0.1) is 5.92 Å². The average molecular weight is 201 g/mol. The molecule has 1 aliphatic carbocycles. The van der Waals surface area contributed by atoms with E-state index < -0.39 is 18.0 Å². The minimum atomic E-state index is -0.843. The number of amides is 1. The lowest BCUT2D eigenvalue weighted by atomic mass is 10.0. The fourth-order valence-electron chi connectivity index (χ4n) is 1.75. The number of carbonyl (C=O) groups excluding carboxylic acids is 1. The molecule has 0 unspecified atom stereocenters. The summed E-state index contributed by atoms with van der Waals surface area (Å²) >= 11 is 0. The van der Waals surface area contributed by atoms with Crippen LogP contribution in [0.2, 0.25) is 0 Å². The fraction of sp³-hybridized carbons (Fsp3) is 0.778. The van der Waals surface area contributed by atoms with Gasteiger partial charge in [-0.05, 0) is 19.8 Å². The first-order valence-corrected chi connectivity index (χ1v) is 4.81. The molecule has 0 saturated heterocycles. The van der Waals surface area contributed by atoms with Crippen molar-refractivity contribution in [3.63, 3.8) is 0 Å². The summed E-state index contributed by atoms with van der Waals surface area (Å²) in [5.41, 5.74) is 0. The zero-order valence-electron chi connectivity index (χ0n) is 8.16. The van der Waals surface area contributed by atoms with Gasteiger partial charge >= 0.3 is 12.1 Å². The molecule has 0 aromatic carbocycles. The third kappa shape index (κ3) is 2.61. The first kappa shape index (κ1) is 10.8. The van der Waals surface area contributed by atoms with Crippen molar-refractivity contribution in [1.82, 2.24) is 5.32 Å². The number of carboxylic acids is 1. The van der Waals surface area contributed by atoms with Gasteiger partial charge in [0.15, 0.2) is 0 Å². The number of carboxylic acid groups (broad SMARTS) is 1. The number of hydrogen-bond donors (Lipinski definition) is 2. The summed E-state index contributed by atoms with van der Waals surface area (Å²) in [5.74, 6) is -1.30. The van der Waals surface area contributed by atoms with Gasteiger partial charge in [-0.25, -0.2) is 4.79 Å². The maximum atomic E-state index is 11.0. The molecule has 5 heteroatoms. The highest BCUT2D eigenvalue weighted by atomic mass is 16.5. The maximum absolute atomic E-state index is 11.0. The Balaban J connectivity index is 2.43. The average Bonchev–Trinajstić information content (AvgIpc) is 2.52. The Bertz CT molecular complexity index is 229. The lowest BCUT2D eigenvalue weighted by molar-refractivity contribution is -0.142. The third-order valence-corrected chi connectivity index (χ3v) is 2.41. The molecule has 0 spiro atoms. The van der Waals surface area contributed by atoms with Crippen LogP contribution < -0.4 is 5.32 Å². The number of hydrogen-bond acceptors (Lipinski definition) is 3. The number of rotatable bonds is 3. The first-order chi connectivity index (χ1) is 6.65. The van der Waals surface area contributed by atoms with Crippen LogP contribution >= 0.6 is 0 Å². The summed E-state index contributed by atoms with van der Waals surface area (Å²) in [5, 5.41) is 11.4. The number of ether oxygens (including phenoxy) is 1. The molecule has 1 fully saturated rings. The van der Waals surface area contributed by atoms with Gasteiger partial charge in [-0.1, -0.05) is 6.42 Å². The van der Waals surface area contributed by atoms with E-state index in [-0.39, 0.29) is 6.04 Å². The fourth-order valence-corrected chi connectivity index (χ4v) is 1.75. The summed E-state index contributed by atoms with van der Waals surface area (Å²) in [6.07, 6.45) is 1.67. The van der Waals surface area contributed by atoms with Crippen LogP contribution in [0.3, 0.4) is 0 Å². The van der Waals surface area contributed by atoms with Crippen molar-refractivity contribution in [3.8, 4) is 0 Å². The lowest BCUT2D eigenvalue weighted by Crippen LogP contribution is -2.40. The monoisotopic (exact) mass is 201 g/mol. The maximum Gasteiger partial charge on any atom is 0.407 e. The van der Waals surface area contributed by atoms with Crippen LogP contribution in [-0.4, -0.2) is 29.8 Å². The van der Waals surface area contributed by atoms with E-state index in [2.05, 4.69) is 10.1 Å². The van der Waals surface area contributed by atoms with Crippen molar-refractivity contribution in [1.29, 1.82) is 0 Å². The summed E-state index contributed by atoms with van der Waals surface area (Å²) < 4.78 is 4.69. The summed E-state index contributed by atoms with van der Waals surface area (Å²) in [6.45, 7) is 2.01. The van der Waals surface area contributed by atoms with Crippen molar-refractivity contribution in [3.05, 3.63) is 0 Å². The zero-order chi connectivity index (χ0) is 10.6. The predicted molar refractivity (Wildman–Crippen MR) is 48.9 cm³/mol. The minimum absolute atomic E-state index is 0.272. The highest BCUT2D eigenvalue weighted by Crippen LogP contribution is 2.25. The van der Waals surface area contributed by atoms with Gasteiger partial charge in [0.2, 0.25) is 0 Å². The van der Waals surface area contributed by atoms with Crippen LogP contribution in [0.25, 0.3) is 0 Å². The largest absolute Gasteiger partial charge is 0.481 e. The van der Waals surface area contributed by atoms with Gasteiger partial charge in [0.25, 0.3) is 0 Å². The molecule has 0 bridgehead atoms. The van der Waals surface area contributed by atoms with Crippen LogP contribution in [0.1, 0.15) is 26.2 Å². The van der Waals surface area contributed by atoms with Crippen molar-refractivity contribution in [2.24, 2.45) is 5.92 Å². The molecule has 2 N–H and O–H groups in total. The molecule has 0 aromatic heterocycles. The Labute approximate surface area is 82.4 Å². The molecule has 80 valence electrons. The predicted octanol–water partition coefficient (Wildman–Crippen LogP) is 0.986. The van der Waals surface area contributed by atoms with Gasteiger partial charge in [0.1, 0.15) is 0 Å². The Morgan fingerprint density at radius 3 is 2.79 bits per heavy atom. The molecule has 1 aliphatic rings. The normalized spacial score (nSPS) is 25.8. The summed E-state index contributed by atoms with van der Waals surface area (Å²) in [7, 11) is 0. The first-order valence-electron chi connectivity index (χ1n) is 4.81. The molecule has 5 nitrogen and oxygen atoms in total. The van der Waals surface area contributed by atoms with E-state index in [4.69, 9.17) is 5.11 Å². The van der Waals surface area contributed by atoms with Crippen LogP contribution in [0.4, 0.5) is 4.79 Å². The number of alkyl carbamates (subject to hydrolysis) is 1. The Morgan fingerprint density at radius 1 is 1.50 bits per heavy atom. The Kier molecular flexibility index (Phi) is 3.73. The topological polar surface area (TPSA) is 75.6 Å². The highest BCUT2D eigenvalue weighted by Gasteiger charge is 2.34. The van der Waals surface area contributed by atoms with Crippen molar-refractivity contribution in [2.75, 3.05) is 6.61 Å².